The molecule has 1 unspecified atom stereocenters. The number of aryl methyl sites for hydroxylation is 1. The molecule has 0 bridgehead atoms. The summed E-state index contributed by atoms with van der Waals surface area (Å²) in [7, 11) is 0. The van der Waals surface area contributed by atoms with Gasteiger partial charge < -0.3 is 10.2 Å². The van der Waals surface area contributed by atoms with E-state index in [1.807, 2.05) is 18.0 Å². The maximum absolute atomic E-state index is 12.9. The second-order valence-corrected chi connectivity index (χ2v) is 7.50. The van der Waals surface area contributed by atoms with Crippen LogP contribution in [0.25, 0.3) is 0 Å². The fourth-order valence-electron chi connectivity index (χ4n) is 2.84. The number of nitrogens with one attached hydrogen (secondary N) is 1. The Morgan fingerprint density at radius 3 is 2.54 bits per heavy atom. The van der Waals surface area contributed by atoms with Gasteiger partial charge in [-0.3, -0.25) is 9.89 Å². The molecule has 148 valence electrons. The zero-order valence-electron chi connectivity index (χ0n) is 15.6. The number of hydrogen-bond acceptors (Lipinski definition) is 4. The molecule has 0 aliphatic carbocycles. The van der Waals surface area contributed by atoms with Crippen LogP contribution in [0.15, 0.2) is 11.2 Å². The van der Waals surface area contributed by atoms with Crippen molar-refractivity contribution in [3.8, 4) is 0 Å². The third-order valence-corrected chi connectivity index (χ3v) is 5.71. The molecule has 2 heterocycles. The number of nitrogens with zero attached hydrogens (tertiary/aromatic N) is 4. The summed E-state index contributed by atoms with van der Waals surface area (Å²) in [5.41, 5.74) is 0. The van der Waals surface area contributed by atoms with Gasteiger partial charge in [0.2, 0.25) is 0 Å². The number of rotatable bonds is 6. The molecule has 5 nitrogen and oxygen atoms in total. The monoisotopic (exact) mass is 391 g/mol. The SMILES string of the molecule is CCNC(=NCCc1ncc(CC)s1)N1CCN(C(C)C(F)(F)F)CC1. The van der Waals surface area contributed by atoms with Crippen LogP contribution in [0.3, 0.4) is 0 Å². The van der Waals surface area contributed by atoms with E-state index in [0.717, 1.165) is 30.4 Å². The highest BCUT2D eigenvalue weighted by Crippen LogP contribution is 2.25. The van der Waals surface area contributed by atoms with Crippen molar-refractivity contribution in [3.63, 3.8) is 0 Å². The number of piperazine rings is 1. The average molecular weight is 392 g/mol. The Kier molecular flexibility index (Phi) is 7.69. The number of alkyl halides is 3. The van der Waals surface area contributed by atoms with Gasteiger partial charge in [-0.15, -0.1) is 11.3 Å². The summed E-state index contributed by atoms with van der Waals surface area (Å²) in [6, 6.07) is -1.40. The smallest absolute Gasteiger partial charge is 0.357 e. The first-order valence-corrected chi connectivity index (χ1v) is 9.94. The zero-order valence-corrected chi connectivity index (χ0v) is 16.5. The molecule has 1 saturated heterocycles. The van der Waals surface area contributed by atoms with E-state index in [2.05, 4.69) is 22.2 Å². The summed E-state index contributed by atoms with van der Waals surface area (Å²) in [6.07, 6.45) is -0.489. The summed E-state index contributed by atoms with van der Waals surface area (Å²) in [5, 5.41) is 4.32. The van der Waals surface area contributed by atoms with Gasteiger partial charge in [0.05, 0.1) is 5.01 Å². The van der Waals surface area contributed by atoms with Gasteiger partial charge in [-0.2, -0.15) is 13.2 Å². The standard InChI is InChI=1S/C17H28F3N5S/c1-4-14-12-23-15(26-14)6-7-22-16(21-5-2)25-10-8-24(9-11-25)13(3)17(18,19)20/h12-13H,4-11H2,1-3H3,(H,21,22). The Labute approximate surface area is 157 Å². The second-order valence-electron chi connectivity index (χ2n) is 6.30. The number of hydrogen-bond donors (Lipinski definition) is 1. The lowest BCUT2D eigenvalue weighted by Crippen LogP contribution is -2.56. The molecule has 1 N–H and O–H groups in total. The van der Waals surface area contributed by atoms with Gasteiger partial charge in [-0.05, 0) is 20.3 Å². The normalized spacial score (nSPS) is 18.2. The van der Waals surface area contributed by atoms with Crippen LogP contribution in [0.4, 0.5) is 13.2 Å². The maximum Gasteiger partial charge on any atom is 0.403 e. The third-order valence-electron chi connectivity index (χ3n) is 4.51. The van der Waals surface area contributed by atoms with Crippen LogP contribution >= 0.6 is 11.3 Å². The zero-order chi connectivity index (χ0) is 19.2. The van der Waals surface area contributed by atoms with Crippen molar-refractivity contribution in [3.05, 3.63) is 16.1 Å². The molecule has 9 heteroatoms. The van der Waals surface area contributed by atoms with Crippen LogP contribution in [0.5, 0.6) is 0 Å². The van der Waals surface area contributed by atoms with Crippen LogP contribution < -0.4 is 5.32 Å². The Hall–Kier alpha value is -1.35. The van der Waals surface area contributed by atoms with E-state index in [1.165, 1.54) is 16.7 Å². The van der Waals surface area contributed by atoms with E-state index in [4.69, 9.17) is 0 Å². The van der Waals surface area contributed by atoms with E-state index >= 15 is 0 Å². The highest BCUT2D eigenvalue weighted by molar-refractivity contribution is 7.11. The molecule has 0 radical (unpaired) electrons. The van der Waals surface area contributed by atoms with E-state index in [1.54, 1.807) is 11.3 Å². The van der Waals surface area contributed by atoms with Crippen molar-refractivity contribution < 1.29 is 13.2 Å². The molecule has 0 saturated carbocycles. The summed E-state index contributed by atoms with van der Waals surface area (Å²) >= 11 is 1.71. The average Bonchev–Trinajstić information content (AvgIpc) is 3.08. The summed E-state index contributed by atoms with van der Waals surface area (Å²) in [5.74, 6) is 0.777. The molecule has 0 spiro atoms. The van der Waals surface area contributed by atoms with Crippen molar-refractivity contribution in [1.29, 1.82) is 0 Å². The number of aromatic nitrogens is 1. The van der Waals surface area contributed by atoms with Gasteiger partial charge in [-0.1, -0.05) is 6.92 Å². The quantitative estimate of drug-likeness (QED) is 0.598. The molecule has 1 atom stereocenters. The van der Waals surface area contributed by atoms with Crippen LogP contribution in [-0.2, 0) is 12.8 Å². The predicted octanol–water partition coefficient (Wildman–Crippen LogP) is 2.78. The molecular formula is C17H28F3N5S. The van der Waals surface area contributed by atoms with Crippen molar-refractivity contribution in [2.24, 2.45) is 4.99 Å². The molecule has 0 amide bonds. The van der Waals surface area contributed by atoms with Gasteiger partial charge >= 0.3 is 6.18 Å². The second kappa shape index (κ2) is 9.55. The van der Waals surface area contributed by atoms with Crippen LogP contribution in [-0.4, -0.2) is 72.2 Å². The third kappa shape index (κ3) is 5.84. The maximum atomic E-state index is 12.9. The van der Waals surface area contributed by atoms with Gasteiger partial charge in [0.15, 0.2) is 5.96 Å². The van der Waals surface area contributed by atoms with Gasteiger partial charge in [-0.25, -0.2) is 4.98 Å². The minimum Gasteiger partial charge on any atom is -0.357 e. The molecule has 1 aromatic heterocycles. The van der Waals surface area contributed by atoms with E-state index in [0.29, 0.717) is 32.7 Å². The van der Waals surface area contributed by atoms with Gasteiger partial charge in [0, 0.05) is 56.8 Å². The summed E-state index contributed by atoms with van der Waals surface area (Å²) < 4.78 is 38.6. The Morgan fingerprint density at radius 1 is 1.31 bits per heavy atom. The fourth-order valence-corrected chi connectivity index (χ4v) is 3.69. The molecular weight excluding hydrogens is 363 g/mol. The van der Waals surface area contributed by atoms with Crippen molar-refractivity contribution >= 4 is 17.3 Å². The molecule has 26 heavy (non-hydrogen) atoms. The van der Waals surface area contributed by atoms with Crippen molar-refractivity contribution in [2.75, 3.05) is 39.3 Å². The first-order chi connectivity index (χ1) is 12.3. The summed E-state index contributed by atoms with van der Waals surface area (Å²) in [4.78, 5) is 13.8. The van der Waals surface area contributed by atoms with E-state index < -0.39 is 12.2 Å². The highest BCUT2D eigenvalue weighted by atomic mass is 32.1. The first kappa shape index (κ1) is 21.0. The number of halogens is 3. The Balaban J connectivity index is 1.89. The van der Waals surface area contributed by atoms with E-state index in [-0.39, 0.29) is 0 Å². The lowest BCUT2D eigenvalue weighted by molar-refractivity contribution is -0.181. The Bertz CT molecular complexity index is 579. The number of aliphatic imine (C=N–C) groups is 1. The molecule has 0 aromatic carbocycles. The van der Waals surface area contributed by atoms with E-state index in [9.17, 15) is 13.2 Å². The topological polar surface area (TPSA) is 43.8 Å². The van der Waals surface area contributed by atoms with Crippen LogP contribution in [0, 0.1) is 0 Å². The summed E-state index contributed by atoms with van der Waals surface area (Å²) in [6.45, 7) is 8.55. The fraction of sp³-hybridized carbons (Fsp3) is 0.765. The molecule has 2 rings (SSSR count). The molecule has 1 aromatic rings. The van der Waals surface area contributed by atoms with Crippen molar-refractivity contribution in [2.45, 2.75) is 45.8 Å². The Morgan fingerprint density at radius 2 is 2.00 bits per heavy atom. The minimum atomic E-state index is -4.17. The number of thiazole rings is 1. The van der Waals surface area contributed by atoms with Crippen LogP contribution in [0.2, 0.25) is 0 Å². The van der Waals surface area contributed by atoms with Crippen LogP contribution in [0.1, 0.15) is 30.7 Å². The van der Waals surface area contributed by atoms with Crippen molar-refractivity contribution in [1.82, 2.24) is 20.1 Å². The molecule has 1 aliphatic rings. The lowest BCUT2D eigenvalue weighted by atomic mass is 10.2. The largest absolute Gasteiger partial charge is 0.403 e. The molecule has 1 aliphatic heterocycles. The molecule has 1 fully saturated rings. The minimum absolute atomic E-state index is 0.386. The lowest BCUT2D eigenvalue weighted by Gasteiger charge is -2.39. The highest BCUT2D eigenvalue weighted by Gasteiger charge is 2.41. The predicted molar refractivity (Wildman–Crippen MR) is 99.8 cm³/mol. The van der Waals surface area contributed by atoms with Gasteiger partial charge in [0.1, 0.15) is 6.04 Å². The first-order valence-electron chi connectivity index (χ1n) is 9.12. The van der Waals surface area contributed by atoms with Gasteiger partial charge in [0.25, 0.3) is 0 Å². The number of guanidine groups is 1.